The Morgan fingerprint density at radius 1 is 1.40 bits per heavy atom. The van der Waals surface area contributed by atoms with Gasteiger partial charge in [-0.15, -0.1) is 11.3 Å². The highest BCUT2D eigenvalue weighted by atomic mass is 32.1. The lowest BCUT2D eigenvalue weighted by Crippen LogP contribution is -2.33. The van der Waals surface area contributed by atoms with Crippen molar-refractivity contribution in [2.45, 2.75) is 12.8 Å². The van der Waals surface area contributed by atoms with E-state index in [1.807, 2.05) is 0 Å². The molecule has 1 aromatic heterocycles. The monoisotopic (exact) mass is 302 g/mol. The van der Waals surface area contributed by atoms with E-state index in [1.54, 1.807) is 19.6 Å². The Kier molecular flexibility index (Phi) is 7.68. The van der Waals surface area contributed by atoms with E-state index in [0.29, 0.717) is 13.2 Å². The highest BCUT2D eigenvalue weighted by molar-refractivity contribution is 7.09. The van der Waals surface area contributed by atoms with Gasteiger partial charge in [0.25, 0.3) is 0 Å². The molecule has 114 valence electrons. The molecule has 20 heavy (non-hydrogen) atoms. The highest BCUT2D eigenvalue weighted by Gasteiger charge is 2.17. The van der Waals surface area contributed by atoms with Crippen LogP contribution in [0.5, 0.6) is 0 Å². The minimum Gasteiger partial charge on any atom is -0.476 e. The van der Waals surface area contributed by atoms with E-state index in [9.17, 15) is 4.79 Å². The molecule has 1 N–H and O–H groups in total. The van der Waals surface area contributed by atoms with Crippen LogP contribution in [0.2, 0.25) is 0 Å². The number of ether oxygens (including phenoxy) is 2. The average Bonchev–Trinajstić information content (AvgIpc) is 2.91. The second-order valence-corrected chi connectivity index (χ2v) is 5.45. The zero-order chi connectivity index (χ0) is 15.0. The fourth-order valence-electron chi connectivity index (χ4n) is 1.81. The van der Waals surface area contributed by atoms with E-state index in [-0.39, 0.29) is 11.6 Å². The maximum absolute atomic E-state index is 10.8. The van der Waals surface area contributed by atoms with Crippen molar-refractivity contribution in [1.29, 1.82) is 0 Å². The van der Waals surface area contributed by atoms with Crippen LogP contribution in [0.15, 0.2) is 5.38 Å². The third-order valence-electron chi connectivity index (χ3n) is 2.92. The molecule has 0 amide bonds. The molecule has 0 aliphatic carbocycles. The van der Waals surface area contributed by atoms with Gasteiger partial charge in [-0.3, -0.25) is 4.90 Å². The van der Waals surface area contributed by atoms with Crippen molar-refractivity contribution in [3.8, 4) is 0 Å². The number of carboxylic acids is 1. The zero-order valence-corrected chi connectivity index (χ0v) is 13.0. The van der Waals surface area contributed by atoms with E-state index in [2.05, 4.69) is 16.8 Å². The summed E-state index contributed by atoms with van der Waals surface area (Å²) >= 11 is 1.39. The minimum absolute atomic E-state index is 0.122. The first kappa shape index (κ1) is 17.0. The lowest BCUT2D eigenvalue weighted by molar-refractivity contribution is 0.0691. The second kappa shape index (κ2) is 9.02. The normalized spacial score (nSPS) is 12.8. The van der Waals surface area contributed by atoms with Gasteiger partial charge in [0.1, 0.15) is 0 Å². The van der Waals surface area contributed by atoms with Gasteiger partial charge in [0.2, 0.25) is 0 Å². The lowest BCUT2D eigenvalue weighted by Gasteiger charge is -2.24. The molecule has 1 atom stereocenters. The standard InChI is InChI=1S/C13H22N2O4S/c1-10(12-14-11(9-20-12)13(16)17)8-15(4-6-18-2)5-7-19-3/h9-10H,4-8H2,1-3H3,(H,16,17). The molecule has 0 aliphatic heterocycles. The molecular formula is C13H22N2O4S. The fourth-order valence-corrected chi connectivity index (χ4v) is 2.66. The summed E-state index contributed by atoms with van der Waals surface area (Å²) in [6, 6.07) is 0. The van der Waals surface area contributed by atoms with Crippen molar-refractivity contribution >= 4 is 17.3 Å². The van der Waals surface area contributed by atoms with Gasteiger partial charge in [-0.25, -0.2) is 9.78 Å². The Morgan fingerprint density at radius 2 is 2.00 bits per heavy atom. The van der Waals surface area contributed by atoms with E-state index in [0.717, 1.165) is 24.6 Å². The zero-order valence-electron chi connectivity index (χ0n) is 12.2. The molecule has 0 aliphatic rings. The van der Waals surface area contributed by atoms with Crippen LogP contribution in [0.3, 0.4) is 0 Å². The molecule has 1 heterocycles. The molecule has 0 bridgehead atoms. The maximum atomic E-state index is 10.8. The number of aromatic nitrogens is 1. The molecule has 1 rings (SSSR count). The summed E-state index contributed by atoms with van der Waals surface area (Å²) in [4.78, 5) is 17.2. The van der Waals surface area contributed by atoms with Gasteiger partial charge >= 0.3 is 5.97 Å². The number of carbonyl (C=O) groups is 1. The summed E-state index contributed by atoms with van der Waals surface area (Å²) in [5.41, 5.74) is 0.122. The summed E-state index contributed by atoms with van der Waals surface area (Å²) < 4.78 is 10.2. The van der Waals surface area contributed by atoms with Crippen molar-refractivity contribution in [1.82, 2.24) is 9.88 Å². The predicted octanol–water partition coefficient (Wildman–Crippen LogP) is 1.54. The van der Waals surface area contributed by atoms with Crippen LogP contribution >= 0.6 is 11.3 Å². The number of carboxylic acid groups (broad SMARTS) is 1. The summed E-state index contributed by atoms with van der Waals surface area (Å²) in [5, 5.41) is 11.3. The van der Waals surface area contributed by atoms with Crippen LogP contribution < -0.4 is 0 Å². The van der Waals surface area contributed by atoms with Crippen LogP contribution in [0.4, 0.5) is 0 Å². The smallest absolute Gasteiger partial charge is 0.355 e. The van der Waals surface area contributed by atoms with E-state index < -0.39 is 5.97 Å². The average molecular weight is 302 g/mol. The number of nitrogens with zero attached hydrogens (tertiary/aromatic N) is 2. The Morgan fingerprint density at radius 3 is 2.45 bits per heavy atom. The molecule has 6 nitrogen and oxygen atoms in total. The number of aromatic carboxylic acids is 1. The first-order valence-corrected chi connectivity index (χ1v) is 7.35. The number of rotatable bonds is 10. The van der Waals surface area contributed by atoms with Gasteiger partial charge in [0.15, 0.2) is 5.69 Å². The van der Waals surface area contributed by atoms with Crippen LogP contribution in [0.1, 0.15) is 28.3 Å². The van der Waals surface area contributed by atoms with Gasteiger partial charge < -0.3 is 14.6 Å². The quantitative estimate of drug-likeness (QED) is 0.707. The van der Waals surface area contributed by atoms with Crippen LogP contribution in [-0.2, 0) is 9.47 Å². The van der Waals surface area contributed by atoms with E-state index in [1.165, 1.54) is 11.3 Å². The largest absolute Gasteiger partial charge is 0.476 e. The molecular weight excluding hydrogens is 280 g/mol. The van der Waals surface area contributed by atoms with Gasteiger partial charge in [0.05, 0.1) is 18.2 Å². The van der Waals surface area contributed by atoms with Crippen molar-refractivity contribution < 1.29 is 19.4 Å². The Labute approximate surface area is 123 Å². The molecule has 0 spiro atoms. The molecule has 0 radical (unpaired) electrons. The molecule has 0 aromatic carbocycles. The molecule has 7 heteroatoms. The summed E-state index contributed by atoms with van der Waals surface area (Å²) in [6.45, 7) is 5.82. The lowest BCUT2D eigenvalue weighted by atomic mass is 10.2. The molecule has 0 saturated carbocycles. The Hall–Kier alpha value is -1.02. The van der Waals surface area contributed by atoms with E-state index >= 15 is 0 Å². The van der Waals surface area contributed by atoms with Crippen LogP contribution in [-0.4, -0.2) is 68.0 Å². The first-order chi connectivity index (χ1) is 9.58. The summed E-state index contributed by atoms with van der Waals surface area (Å²) in [5.74, 6) is -0.794. The van der Waals surface area contributed by atoms with Crippen LogP contribution in [0, 0.1) is 0 Å². The predicted molar refractivity (Wildman–Crippen MR) is 77.7 cm³/mol. The third kappa shape index (κ3) is 5.54. The summed E-state index contributed by atoms with van der Waals surface area (Å²) in [6.07, 6.45) is 0. The van der Waals surface area contributed by atoms with Gasteiger partial charge in [-0.1, -0.05) is 6.92 Å². The molecule has 0 fully saturated rings. The number of hydrogen-bond acceptors (Lipinski definition) is 6. The Bertz CT molecular complexity index is 403. The molecule has 0 saturated heterocycles. The third-order valence-corrected chi connectivity index (χ3v) is 3.99. The van der Waals surface area contributed by atoms with Crippen molar-refractivity contribution in [2.75, 3.05) is 47.1 Å². The molecule has 1 unspecified atom stereocenters. The highest BCUT2D eigenvalue weighted by Crippen LogP contribution is 2.21. The SMILES string of the molecule is COCCN(CCOC)CC(C)c1nc(C(=O)O)cs1. The molecule has 1 aromatic rings. The van der Waals surface area contributed by atoms with Crippen LogP contribution in [0.25, 0.3) is 0 Å². The fraction of sp³-hybridized carbons (Fsp3) is 0.692. The summed E-state index contributed by atoms with van der Waals surface area (Å²) in [7, 11) is 3.36. The van der Waals surface area contributed by atoms with Gasteiger partial charge in [0, 0.05) is 45.2 Å². The topological polar surface area (TPSA) is 71.9 Å². The maximum Gasteiger partial charge on any atom is 0.355 e. The van der Waals surface area contributed by atoms with E-state index in [4.69, 9.17) is 14.6 Å². The van der Waals surface area contributed by atoms with Gasteiger partial charge in [-0.2, -0.15) is 0 Å². The minimum atomic E-state index is -0.977. The van der Waals surface area contributed by atoms with Crippen molar-refractivity contribution in [2.24, 2.45) is 0 Å². The Balaban J connectivity index is 2.58. The number of hydrogen-bond donors (Lipinski definition) is 1. The van der Waals surface area contributed by atoms with Gasteiger partial charge in [-0.05, 0) is 0 Å². The number of methoxy groups -OCH3 is 2. The first-order valence-electron chi connectivity index (χ1n) is 6.47. The second-order valence-electron chi connectivity index (χ2n) is 4.56. The van der Waals surface area contributed by atoms with Crippen molar-refractivity contribution in [3.63, 3.8) is 0 Å². The van der Waals surface area contributed by atoms with Crippen molar-refractivity contribution in [3.05, 3.63) is 16.1 Å². The number of thiazole rings is 1.